The summed E-state index contributed by atoms with van der Waals surface area (Å²) in [5, 5.41) is 2.81. The SMILES string of the molecule is CC(C)CCOCCNc1cc(F)c(Br)cc1F. The Kier molecular flexibility index (Phi) is 6.57. The fourth-order valence-electron chi connectivity index (χ4n) is 1.34. The Morgan fingerprint density at radius 2 is 1.94 bits per heavy atom. The largest absolute Gasteiger partial charge is 0.380 e. The summed E-state index contributed by atoms with van der Waals surface area (Å²) in [6.45, 7) is 5.87. The fourth-order valence-corrected chi connectivity index (χ4v) is 1.65. The number of rotatable bonds is 7. The summed E-state index contributed by atoms with van der Waals surface area (Å²) < 4.78 is 32.1. The molecule has 5 heteroatoms. The third-order valence-corrected chi connectivity index (χ3v) is 3.02. The van der Waals surface area contributed by atoms with Gasteiger partial charge in [-0.05, 0) is 34.3 Å². The van der Waals surface area contributed by atoms with Crippen LogP contribution < -0.4 is 5.32 Å². The molecule has 0 aliphatic rings. The molecule has 0 aliphatic carbocycles. The maximum Gasteiger partial charge on any atom is 0.147 e. The molecule has 0 radical (unpaired) electrons. The highest BCUT2D eigenvalue weighted by molar-refractivity contribution is 9.10. The third kappa shape index (κ3) is 5.31. The summed E-state index contributed by atoms with van der Waals surface area (Å²) >= 11 is 2.93. The first-order valence-electron chi connectivity index (χ1n) is 5.97. The van der Waals surface area contributed by atoms with E-state index in [4.69, 9.17) is 4.74 Å². The molecular weight excluding hydrogens is 304 g/mol. The van der Waals surface area contributed by atoms with Crippen LogP contribution in [0.15, 0.2) is 16.6 Å². The van der Waals surface area contributed by atoms with Crippen molar-refractivity contribution in [1.29, 1.82) is 0 Å². The second-order valence-corrected chi connectivity index (χ2v) is 5.32. The average Bonchev–Trinajstić information content (AvgIpc) is 2.29. The van der Waals surface area contributed by atoms with Crippen LogP contribution in [-0.4, -0.2) is 19.8 Å². The molecule has 0 unspecified atom stereocenters. The number of anilines is 1. The van der Waals surface area contributed by atoms with E-state index in [2.05, 4.69) is 35.1 Å². The van der Waals surface area contributed by atoms with Crippen molar-refractivity contribution in [3.05, 3.63) is 28.2 Å². The highest BCUT2D eigenvalue weighted by Crippen LogP contribution is 2.23. The van der Waals surface area contributed by atoms with Crippen LogP contribution in [0, 0.1) is 17.6 Å². The van der Waals surface area contributed by atoms with Crippen LogP contribution in [0.25, 0.3) is 0 Å². The van der Waals surface area contributed by atoms with Gasteiger partial charge in [-0.1, -0.05) is 13.8 Å². The lowest BCUT2D eigenvalue weighted by molar-refractivity contribution is 0.132. The van der Waals surface area contributed by atoms with E-state index < -0.39 is 11.6 Å². The maximum atomic E-state index is 13.4. The smallest absolute Gasteiger partial charge is 0.147 e. The molecule has 0 bridgehead atoms. The molecule has 0 spiro atoms. The van der Waals surface area contributed by atoms with E-state index in [9.17, 15) is 8.78 Å². The van der Waals surface area contributed by atoms with Crippen molar-refractivity contribution in [2.24, 2.45) is 5.92 Å². The standard InChI is InChI=1S/C13H18BrF2NO/c1-9(2)3-5-18-6-4-17-13-8-11(15)10(14)7-12(13)16/h7-9,17H,3-6H2,1-2H3. The average molecular weight is 322 g/mol. The van der Waals surface area contributed by atoms with E-state index in [1.165, 1.54) is 0 Å². The van der Waals surface area contributed by atoms with Crippen LogP contribution in [0.5, 0.6) is 0 Å². The first-order valence-corrected chi connectivity index (χ1v) is 6.76. The number of hydrogen-bond acceptors (Lipinski definition) is 2. The summed E-state index contributed by atoms with van der Waals surface area (Å²) in [7, 11) is 0. The minimum atomic E-state index is -0.486. The van der Waals surface area contributed by atoms with E-state index in [0.717, 1.165) is 18.6 Å². The predicted molar refractivity (Wildman–Crippen MR) is 72.8 cm³/mol. The van der Waals surface area contributed by atoms with Crippen molar-refractivity contribution in [2.75, 3.05) is 25.1 Å². The van der Waals surface area contributed by atoms with Gasteiger partial charge in [-0.3, -0.25) is 0 Å². The van der Waals surface area contributed by atoms with Gasteiger partial charge >= 0.3 is 0 Å². The molecular formula is C13H18BrF2NO. The number of ether oxygens (including phenoxy) is 1. The Morgan fingerprint density at radius 3 is 2.61 bits per heavy atom. The number of nitrogens with one attached hydrogen (secondary N) is 1. The van der Waals surface area contributed by atoms with Crippen LogP contribution in [0.2, 0.25) is 0 Å². The van der Waals surface area contributed by atoms with Crippen molar-refractivity contribution in [1.82, 2.24) is 0 Å². The molecule has 0 aromatic heterocycles. The molecule has 0 amide bonds. The van der Waals surface area contributed by atoms with Crippen molar-refractivity contribution in [2.45, 2.75) is 20.3 Å². The second kappa shape index (κ2) is 7.69. The van der Waals surface area contributed by atoms with E-state index in [0.29, 0.717) is 25.7 Å². The zero-order valence-electron chi connectivity index (χ0n) is 10.6. The first kappa shape index (κ1) is 15.4. The van der Waals surface area contributed by atoms with Gasteiger partial charge in [0.1, 0.15) is 11.6 Å². The van der Waals surface area contributed by atoms with Gasteiger partial charge in [0.05, 0.1) is 16.8 Å². The van der Waals surface area contributed by atoms with Gasteiger partial charge in [-0.2, -0.15) is 0 Å². The van der Waals surface area contributed by atoms with Crippen LogP contribution in [-0.2, 0) is 4.74 Å². The lowest BCUT2D eigenvalue weighted by Gasteiger charge is -2.10. The normalized spacial score (nSPS) is 11.0. The Hall–Kier alpha value is -0.680. The summed E-state index contributed by atoms with van der Waals surface area (Å²) in [5.74, 6) is -0.360. The van der Waals surface area contributed by atoms with Crippen molar-refractivity contribution >= 4 is 21.6 Å². The van der Waals surface area contributed by atoms with E-state index >= 15 is 0 Å². The van der Waals surface area contributed by atoms with Crippen LogP contribution in [0.4, 0.5) is 14.5 Å². The van der Waals surface area contributed by atoms with Crippen LogP contribution in [0.1, 0.15) is 20.3 Å². The quantitative estimate of drug-likeness (QED) is 0.600. The second-order valence-electron chi connectivity index (χ2n) is 4.47. The summed E-state index contributed by atoms with van der Waals surface area (Å²) in [6, 6.07) is 2.24. The molecule has 0 saturated carbocycles. The number of halogens is 3. The Morgan fingerprint density at radius 1 is 1.22 bits per heavy atom. The fraction of sp³-hybridized carbons (Fsp3) is 0.538. The van der Waals surface area contributed by atoms with E-state index in [-0.39, 0.29) is 10.2 Å². The minimum absolute atomic E-state index is 0.124. The van der Waals surface area contributed by atoms with Gasteiger partial charge in [0.2, 0.25) is 0 Å². The van der Waals surface area contributed by atoms with Gasteiger partial charge in [0, 0.05) is 19.2 Å². The first-order chi connectivity index (χ1) is 8.50. The number of benzene rings is 1. The molecule has 102 valence electrons. The van der Waals surface area contributed by atoms with Crippen molar-refractivity contribution in [3.8, 4) is 0 Å². The molecule has 1 aromatic rings. The van der Waals surface area contributed by atoms with E-state index in [1.54, 1.807) is 0 Å². The Balaban J connectivity index is 2.29. The van der Waals surface area contributed by atoms with Crippen LogP contribution in [0.3, 0.4) is 0 Å². The van der Waals surface area contributed by atoms with Crippen molar-refractivity contribution < 1.29 is 13.5 Å². The Bertz CT molecular complexity index is 385. The minimum Gasteiger partial charge on any atom is -0.380 e. The van der Waals surface area contributed by atoms with Gasteiger partial charge < -0.3 is 10.1 Å². The third-order valence-electron chi connectivity index (χ3n) is 2.41. The van der Waals surface area contributed by atoms with Crippen molar-refractivity contribution in [3.63, 3.8) is 0 Å². The topological polar surface area (TPSA) is 21.3 Å². The molecule has 0 fully saturated rings. The molecule has 1 N–H and O–H groups in total. The lowest BCUT2D eigenvalue weighted by Crippen LogP contribution is -2.12. The summed E-state index contributed by atoms with van der Waals surface area (Å²) in [5.41, 5.74) is 0.156. The molecule has 18 heavy (non-hydrogen) atoms. The Labute approximate surface area is 115 Å². The molecule has 1 aromatic carbocycles. The van der Waals surface area contributed by atoms with E-state index in [1.807, 2.05) is 0 Å². The highest BCUT2D eigenvalue weighted by Gasteiger charge is 2.07. The van der Waals surface area contributed by atoms with Gasteiger partial charge in [0.15, 0.2) is 0 Å². The van der Waals surface area contributed by atoms with Gasteiger partial charge in [-0.15, -0.1) is 0 Å². The summed E-state index contributed by atoms with van der Waals surface area (Å²) in [4.78, 5) is 0. The summed E-state index contributed by atoms with van der Waals surface area (Å²) in [6.07, 6.45) is 1.00. The molecule has 0 aliphatic heterocycles. The molecule has 0 atom stereocenters. The molecule has 0 saturated heterocycles. The number of hydrogen-bond donors (Lipinski definition) is 1. The predicted octanol–water partition coefficient (Wildman–Crippen LogP) is 4.20. The lowest BCUT2D eigenvalue weighted by atomic mass is 10.1. The molecule has 2 nitrogen and oxygen atoms in total. The monoisotopic (exact) mass is 321 g/mol. The zero-order valence-corrected chi connectivity index (χ0v) is 12.2. The van der Waals surface area contributed by atoms with Crippen LogP contribution >= 0.6 is 15.9 Å². The molecule has 0 heterocycles. The zero-order chi connectivity index (χ0) is 13.5. The van der Waals surface area contributed by atoms with Gasteiger partial charge in [-0.25, -0.2) is 8.78 Å². The maximum absolute atomic E-state index is 13.4. The molecule has 1 rings (SSSR count). The van der Waals surface area contributed by atoms with Gasteiger partial charge in [0.25, 0.3) is 0 Å². The highest BCUT2D eigenvalue weighted by atomic mass is 79.9.